The molecule has 0 atom stereocenters. The fourth-order valence-electron chi connectivity index (χ4n) is 2.63. The second kappa shape index (κ2) is 8.85. The monoisotopic (exact) mass is 375 g/mol. The third kappa shape index (κ3) is 4.85. The first-order valence-electron chi connectivity index (χ1n) is 8.51. The molecule has 0 saturated heterocycles. The van der Waals surface area contributed by atoms with Crippen LogP contribution in [-0.4, -0.2) is 25.6 Å². The van der Waals surface area contributed by atoms with Gasteiger partial charge in [0.1, 0.15) is 10.8 Å². The number of thiophene rings is 1. The van der Waals surface area contributed by atoms with Crippen LogP contribution in [0.1, 0.15) is 44.8 Å². The van der Waals surface area contributed by atoms with Crippen LogP contribution < -0.4 is 10.1 Å². The number of carbonyl (C=O) groups is 2. The van der Waals surface area contributed by atoms with Gasteiger partial charge >= 0.3 is 5.97 Å². The molecule has 1 amide bonds. The standard InChI is InChI=1S/C20H25NO4S/c1-12-8-9-16(13(2)11-12)25-10-6-7-17(22)21-19-18(20(23)24-5)14(3)15(4)26-19/h8-9,11H,6-7,10H2,1-5H3,(H,21,22). The molecule has 0 fully saturated rings. The molecule has 0 radical (unpaired) electrons. The minimum atomic E-state index is -0.430. The number of amides is 1. The van der Waals surface area contributed by atoms with Gasteiger partial charge in [0.05, 0.1) is 19.3 Å². The molecule has 0 unspecified atom stereocenters. The van der Waals surface area contributed by atoms with E-state index in [1.54, 1.807) is 0 Å². The van der Waals surface area contributed by atoms with E-state index in [-0.39, 0.29) is 5.91 Å². The SMILES string of the molecule is COC(=O)c1c(NC(=O)CCCOc2ccc(C)cc2C)sc(C)c1C. The maximum absolute atomic E-state index is 12.2. The van der Waals surface area contributed by atoms with Gasteiger partial charge in [0, 0.05) is 11.3 Å². The van der Waals surface area contributed by atoms with Crippen molar-refractivity contribution in [3.8, 4) is 5.75 Å². The van der Waals surface area contributed by atoms with Crippen LogP contribution in [0.25, 0.3) is 0 Å². The molecule has 0 saturated carbocycles. The molecule has 0 aliphatic carbocycles. The molecule has 140 valence electrons. The summed E-state index contributed by atoms with van der Waals surface area (Å²) in [5.41, 5.74) is 3.56. The van der Waals surface area contributed by atoms with Crippen molar-refractivity contribution in [2.45, 2.75) is 40.5 Å². The molecule has 6 heteroatoms. The zero-order chi connectivity index (χ0) is 19.3. The van der Waals surface area contributed by atoms with Crippen LogP contribution in [0.2, 0.25) is 0 Å². The van der Waals surface area contributed by atoms with E-state index in [2.05, 4.69) is 11.4 Å². The lowest BCUT2D eigenvalue weighted by molar-refractivity contribution is -0.116. The van der Waals surface area contributed by atoms with Crippen LogP contribution in [0.4, 0.5) is 5.00 Å². The number of aryl methyl sites for hydroxylation is 3. The molecule has 5 nitrogen and oxygen atoms in total. The molecular formula is C20H25NO4S. The lowest BCUT2D eigenvalue weighted by Gasteiger charge is -2.10. The largest absolute Gasteiger partial charge is 0.493 e. The first kappa shape index (κ1) is 20.0. The van der Waals surface area contributed by atoms with Gasteiger partial charge in [-0.15, -0.1) is 11.3 Å². The van der Waals surface area contributed by atoms with E-state index in [1.165, 1.54) is 24.0 Å². The van der Waals surface area contributed by atoms with Gasteiger partial charge in [-0.1, -0.05) is 17.7 Å². The molecule has 0 spiro atoms. The van der Waals surface area contributed by atoms with Gasteiger partial charge in [0.25, 0.3) is 0 Å². The fourth-order valence-corrected chi connectivity index (χ4v) is 3.69. The third-order valence-electron chi connectivity index (χ3n) is 4.16. The quantitative estimate of drug-likeness (QED) is 0.569. The molecular weight excluding hydrogens is 350 g/mol. The minimum absolute atomic E-state index is 0.138. The fraction of sp³-hybridized carbons (Fsp3) is 0.400. The normalized spacial score (nSPS) is 10.5. The summed E-state index contributed by atoms with van der Waals surface area (Å²) in [6, 6.07) is 6.02. The van der Waals surface area contributed by atoms with E-state index < -0.39 is 5.97 Å². The Morgan fingerprint density at radius 3 is 2.54 bits per heavy atom. The van der Waals surface area contributed by atoms with Crippen LogP contribution >= 0.6 is 11.3 Å². The number of esters is 1. The lowest BCUT2D eigenvalue weighted by Crippen LogP contribution is -2.15. The second-order valence-corrected chi connectivity index (χ2v) is 7.47. The summed E-state index contributed by atoms with van der Waals surface area (Å²) in [6.07, 6.45) is 0.914. The number of rotatable bonds is 7. The molecule has 1 aromatic heterocycles. The number of hydrogen-bond acceptors (Lipinski definition) is 5. The molecule has 26 heavy (non-hydrogen) atoms. The number of carbonyl (C=O) groups excluding carboxylic acids is 2. The number of methoxy groups -OCH3 is 1. The van der Waals surface area contributed by atoms with Crippen molar-refractivity contribution in [3.05, 3.63) is 45.3 Å². The zero-order valence-corrected chi connectivity index (χ0v) is 16.7. The van der Waals surface area contributed by atoms with Crippen molar-refractivity contribution in [1.29, 1.82) is 0 Å². The molecule has 1 N–H and O–H groups in total. The van der Waals surface area contributed by atoms with E-state index in [9.17, 15) is 9.59 Å². The van der Waals surface area contributed by atoms with Crippen molar-refractivity contribution >= 4 is 28.2 Å². The summed E-state index contributed by atoms with van der Waals surface area (Å²) >= 11 is 1.39. The number of benzene rings is 1. The molecule has 0 bridgehead atoms. The molecule has 1 aromatic carbocycles. The Morgan fingerprint density at radius 2 is 1.88 bits per heavy atom. The van der Waals surface area contributed by atoms with Crippen molar-refractivity contribution < 1.29 is 19.1 Å². The molecule has 2 aromatic rings. The van der Waals surface area contributed by atoms with E-state index >= 15 is 0 Å². The Kier molecular flexibility index (Phi) is 6.80. The summed E-state index contributed by atoms with van der Waals surface area (Å²) in [5, 5.41) is 3.38. The highest BCUT2D eigenvalue weighted by Crippen LogP contribution is 2.33. The van der Waals surface area contributed by atoms with E-state index in [4.69, 9.17) is 9.47 Å². The van der Waals surface area contributed by atoms with Crippen molar-refractivity contribution in [3.63, 3.8) is 0 Å². The Bertz CT molecular complexity index is 810. The number of nitrogens with one attached hydrogen (secondary N) is 1. The predicted molar refractivity (Wildman–Crippen MR) is 104 cm³/mol. The average molecular weight is 375 g/mol. The summed E-state index contributed by atoms with van der Waals surface area (Å²) in [5.74, 6) is 0.273. The average Bonchev–Trinajstić information content (AvgIpc) is 2.86. The first-order valence-corrected chi connectivity index (χ1v) is 9.33. The Labute approximate surface area is 158 Å². The number of anilines is 1. The van der Waals surface area contributed by atoms with Crippen LogP contribution in [0, 0.1) is 27.7 Å². The van der Waals surface area contributed by atoms with Gasteiger partial charge in [0.2, 0.25) is 5.91 Å². The molecule has 2 rings (SSSR count). The van der Waals surface area contributed by atoms with E-state index in [1.807, 2.05) is 39.8 Å². The summed E-state index contributed by atoms with van der Waals surface area (Å²) in [4.78, 5) is 25.1. The van der Waals surface area contributed by atoms with Crippen LogP contribution in [0.15, 0.2) is 18.2 Å². The van der Waals surface area contributed by atoms with Crippen molar-refractivity contribution in [1.82, 2.24) is 0 Å². The number of hydrogen-bond donors (Lipinski definition) is 1. The second-order valence-electron chi connectivity index (χ2n) is 6.25. The van der Waals surface area contributed by atoms with Gasteiger partial charge in [-0.05, 0) is 51.3 Å². The Balaban J connectivity index is 1.88. The predicted octanol–water partition coefficient (Wildman–Crippen LogP) is 4.57. The van der Waals surface area contributed by atoms with Crippen LogP contribution in [0.5, 0.6) is 5.75 Å². The highest BCUT2D eigenvalue weighted by atomic mass is 32.1. The maximum atomic E-state index is 12.2. The van der Waals surface area contributed by atoms with Gasteiger partial charge in [-0.25, -0.2) is 4.79 Å². The molecule has 1 heterocycles. The Hall–Kier alpha value is -2.34. The number of ether oxygens (including phenoxy) is 2. The summed E-state index contributed by atoms with van der Waals surface area (Å²) < 4.78 is 10.6. The highest BCUT2D eigenvalue weighted by Gasteiger charge is 2.21. The van der Waals surface area contributed by atoms with Crippen molar-refractivity contribution in [2.24, 2.45) is 0 Å². The lowest BCUT2D eigenvalue weighted by atomic mass is 10.1. The van der Waals surface area contributed by atoms with Gasteiger partial charge in [-0.3, -0.25) is 4.79 Å². The topological polar surface area (TPSA) is 64.6 Å². The Morgan fingerprint density at radius 1 is 1.15 bits per heavy atom. The third-order valence-corrected chi connectivity index (χ3v) is 5.29. The van der Waals surface area contributed by atoms with Gasteiger partial charge in [0.15, 0.2) is 0 Å². The van der Waals surface area contributed by atoms with E-state index in [0.717, 1.165) is 21.8 Å². The molecule has 0 aliphatic heterocycles. The van der Waals surface area contributed by atoms with Crippen LogP contribution in [0.3, 0.4) is 0 Å². The summed E-state index contributed by atoms with van der Waals surface area (Å²) in [7, 11) is 1.34. The van der Waals surface area contributed by atoms with Crippen molar-refractivity contribution in [2.75, 3.05) is 19.0 Å². The summed E-state index contributed by atoms with van der Waals surface area (Å²) in [6.45, 7) is 8.28. The highest BCUT2D eigenvalue weighted by molar-refractivity contribution is 7.16. The minimum Gasteiger partial charge on any atom is -0.493 e. The maximum Gasteiger partial charge on any atom is 0.341 e. The zero-order valence-electron chi connectivity index (χ0n) is 15.9. The molecule has 0 aliphatic rings. The van der Waals surface area contributed by atoms with Gasteiger partial charge < -0.3 is 14.8 Å². The smallest absolute Gasteiger partial charge is 0.341 e. The van der Waals surface area contributed by atoms with E-state index in [0.29, 0.717) is 30.0 Å². The first-order chi connectivity index (χ1) is 12.3. The van der Waals surface area contributed by atoms with Crippen LogP contribution in [-0.2, 0) is 9.53 Å². The van der Waals surface area contributed by atoms with Gasteiger partial charge in [-0.2, -0.15) is 0 Å².